The molecule has 0 heterocycles. The molecule has 0 aliphatic carbocycles. The quantitative estimate of drug-likeness (QED) is 0.324. The Bertz CT molecular complexity index is 224. The van der Waals surface area contributed by atoms with Gasteiger partial charge < -0.3 is 19.3 Å². The van der Waals surface area contributed by atoms with Gasteiger partial charge in [-0.2, -0.15) is 0 Å². The first kappa shape index (κ1) is 23.8. The average molecular weight is 347 g/mol. The fraction of sp³-hybridized carbons (Fsp3) is 1.00. The van der Waals surface area contributed by atoms with Crippen molar-refractivity contribution in [2.45, 2.75) is 90.6 Å². The summed E-state index contributed by atoms with van der Waals surface area (Å²) in [5, 5.41) is 8.60. The van der Waals surface area contributed by atoms with Crippen LogP contribution in [0.1, 0.15) is 84.5 Å². The van der Waals surface area contributed by atoms with Crippen molar-refractivity contribution in [1.82, 2.24) is 0 Å². The number of hydrogen-bond donors (Lipinski definition) is 1. The molecule has 4 nitrogen and oxygen atoms in total. The van der Waals surface area contributed by atoms with Gasteiger partial charge in [-0.05, 0) is 12.8 Å². The smallest absolute Gasteiger partial charge is 0.0805 e. The first-order valence-electron chi connectivity index (χ1n) is 10.2. The zero-order chi connectivity index (χ0) is 17.7. The molecular weight excluding hydrogens is 304 g/mol. The van der Waals surface area contributed by atoms with Gasteiger partial charge in [-0.1, -0.05) is 71.6 Å². The highest BCUT2D eigenvalue weighted by atomic mass is 16.5. The minimum absolute atomic E-state index is 0.0690. The molecule has 0 aromatic heterocycles. The van der Waals surface area contributed by atoms with E-state index in [0.29, 0.717) is 26.4 Å². The average Bonchev–Trinajstić information content (AvgIpc) is 2.60. The van der Waals surface area contributed by atoms with Crippen LogP contribution in [0.2, 0.25) is 0 Å². The number of rotatable bonds is 20. The van der Waals surface area contributed by atoms with E-state index >= 15 is 0 Å². The van der Waals surface area contributed by atoms with Crippen LogP contribution in [-0.4, -0.2) is 50.9 Å². The topological polar surface area (TPSA) is 47.9 Å². The summed E-state index contributed by atoms with van der Waals surface area (Å²) in [6.45, 7) is 7.44. The molecule has 0 aliphatic heterocycles. The normalized spacial score (nSPS) is 12.6. The van der Waals surface area contributed by atoms with Crippen molar-refractivity contribution in [3.05, 3.63) is 0 Å². The second-order valence-electron chi connectivity index (χ2n) is 6.49. The summed E-state index contributed by atoms with van der Waals surface area (Å²) in [7, 11) is 0. The van der Waals surface area contributed by atoms with Crippen LogP contribution in [0, 0.1) is 0 Å². The van der Waals surface area contributed by atoms with Crippen LogP contribution in [0.5, 0.6) is 0 Å². The van der Waals surface area contributed by atoms with Crippen LogP contribution < -0.4 is 0 Å². The minimum atomic E-state index is 0.0690. The Morgan fingerprint density at radius 1 is 0.667 bits per heavy atom. The van der Waals surface area contributed by atoms with Gasteiger partial charge in [0.15, 0.2) is 0 Å². The van der Waals surface area contributed by atoms with E-state index in [1.165, 1.54) is 57.8 Å². The molecule has 0 aromatic rings. The molecule has 1 unspecified atom stereocenters. The number of hydrogen-bond acceptors (Lipinski definition) is 4. The molecule has 0 radical (unpaired) electrons. The molecule has 24 heavy (non-hydrogen) atoms. The highest BCUT2D eigenvalue weighted by Crippen LogP contribution is 2.11. The molecule has 1 atom stereocenters. The van der Waals surface area contributed by atoms with Gasteiger partial charge in [0, 0.05) is 6.61 Å². The van der Waals surface area contributed by atoms with Crippen LogP contribution in [-0.2, 0) is 14.2 Å². The Labute approximate surface area is 150 Å². The van der Waals surface area contributed by atoms with Crippen molar-refractivity contribution >= 4 is 0 Å². The second-order valence-corrected chi connectivity index (χ2v) is 6.49. The number of ether oxygens (including phenoxy) is 3. The Morgan fingerprint density at radius 2 is 1.25 bits per heavy atom. The lowest BCUT2D eigenvalue weighted by Gasteiger charge is -2.16. The zero-order valence-corrected chi connectivity index (χ0v) is 16.3. The molecule has 0 saturated heterocycles. The van der Waals surface area contributed by atoms with Crippen molar-refractivity contribution < 1.29 is 19.3 Å². The summed E-state index contributed by atoms with van der Waals surface area (Å²) >= 11 is 0. The van der Waals surface area contributed by atoms with Crippen molar-refractivity contribution in [3.63, 3.8) is 0 Å². The molecule has 0 rings (SSSR count). The summed E-state index contributed by atoms with van der Waals surface area (Å²) in [6.07, 6.45) is 14.7. The molecule has 1 N–H and O–H groups in total. The molecule has 0 aromatic carbocycles. The van der Waals surface area contributed by atoms with E-state index in [1.807, 2.05) is 0 Å². The molecular formula is C20H42O4. The van der Waals surface area contributed by atoms with Crippen molar-refractivity contribution in [3.8, 4) is 0 Å². The van der Waals surface area contributed by atoms with E-state index < -0.39 is 0 Å². The van der Waals surface area contributed by atoms with Crippen molar-refractivity contribution in [2.75, 3.05) is 39.6 Å². The first-order valence-corrected chi connectivity index (χ1v) is 10.2. The Balaban J connectivity index is 3.25. The third-order valence-corrected chi connectivity index (χ3v) is 4.22. The van der Waals surface area contributed by atoms with E-state index in [1.54, 1.807) is 0 Å². The van der Waals surface area contributed by atoms with E-state index in [2.05, 4.69) is 13.8 Å². The summed E-state index contributed by atoms with van der Waals surface area (Å²) in [4.78, 5) is 0. The first-order chi connectivity index (χ1) is 11.8. The standard InChI is InChI=1S/C20H42O4/c1-3-5-6-7-8-9-10-11-12-13-15-24-20(4-2)19-23-18-17-22-16-14-21/h20-21H,3-19H2,1-2H3. The lowest BCUT2D eigenvalue weighted by molar-refractivity contribution is -0.0354. The third kappa shape index (κ3) is 18.2. The van der Waals surface area contributed by atoms with Crippen LogP contribution in [0.25, 0.3) is 0 Å². The monoisotopic (exact) mass is 346 g/mol. The highest BCUT2D eigenvalue weighted by Gasteiger charge is 2.06. The maximum absolute atomic E-state index is 8.60. The number of unbranched alkanes of at least 4 members (excludes halogenated alkanes) is 9. The Hall–Kier alpha value is -0.160. The maximum atomic E-state index is 8.60. The van der Waals surface area contributed by atoms with E-state index in [-0.39, 0.29) is 12.7 Å². The summed E-state index contributed by atoms with van der Waals surface area (Å²) < 4.78 is 16.6. The minimum Gasteiger partial charge on any atom is -0.394 e. The zero-order valence-electron chi connectivity index (χ0n) is 16.3. The Kier molecular flexibility index (Phi) is 20.7. The highest BCUT2D eigenvalue weighted by molar-refractivity contribution is 4.54. The van der Waals surface area contributed by atoms with Gasteiger partial charge in [-0.3, -0.25) is 0 Å². The molecule has 0 fully saturated rings. The van der Waals surface area contributed by atoms with Crippen LogP contribution >= 0.6 is 0 Å². The van der Waals surface area contributed by atoms with Crippen molar-refractivity contribution in [2.24, 2.45) is 0 Å². The van der Waals surface area contributed by atoms with Gasteiger partial charge in [-0.25, -0.2) is 0 Å². The van der Waals surface area contributed by atoms with E-state index in [0.717, 1.165) is 19.4 Å². The van der Waals surface area contributed by atoms with Crippen LogP contribution in [0.15, 0.2) is 0 Å². The predicted octanol–water partition coefficient (Wildman–Crippen LogP) is 4.73. The molecule has 4 heteroatoms. The van der Waals surface area contributed by atoms with Gasteiger partial charge in [-0.15, -0.1) is 0 Å². The van der Waals surface area contributed by atoms with E-state index in [4.69, 9.17) is 19.3 Å². The second kappa shape index (κ2) is 20.9. The van der Waals surface area contributed by atoms with E-state index in [9.17, 15) is 0 Å². The van der Waals surface area contributed by atoms with Gasteiger partial charge in [0.05, 0.1) is 39.1 Å². The molecule has 0 amide bonds. The summed E-state index contributed by atoms with van der Waals surface area (Å²) in [5.41, 5.74) is 0. The van der Waals surface area contributed by atoms with Gasteiger partial charge in [0.1, 0.15) is 0 Å². The van der Waals surface area contributed by atoms with Gasteiger partial charge >= 0.3 is 0 Å². The van der Waals surface area contributed by atoms with Gasteiger partial charge in [0.2, 0.25) is 0 Å². The fourth-order valence-corrected chi connectivity index (χ4v) is 2.62. The van der Waals surface area contributed by atoms with Crippen LogP contribution in [0.4, 0.5) is 0 Å². The lowest BCUT2D eigenvalue weighted by Crippen LogP contribution is -2.21. The molecule has 0 saturated carbocycles. The number of aliphatic hydroxyl groups excluding tert-OH is 1. The molecule has 0 aliphatic rings. The SMILES string of the molecule is CCCCCCCCCCCCOC(CC)COCCOCCO. The molecule has 0 spiro atoms. The maximum Gasteiger partial charge on any atom is 0.0805 e. The largest absolute Gasteiger partial charge is 0.394 e. The third-order valence-electron chi connectivity index (χ3n) is 4.22. The molecule has 146 valence electrons. The number of aliphatic hydroxyl groups is 1. The van der Waals surface area contributed by atoms with Crippen LogP contribution in [0.3, 0.4) is 0 Å². The fourth-order valence-electron chi connectivity index (χ4n) is 2.62. The summed E-state index contributed by atoms with van der Waals surface area (Å²) in [5.74, 6) is 0. The van der Waals surface area contributed by atoms with Crippen molar-refractivity contribution in [1.29, 1.82) is 0 Å². The predicted molar refractivity (Wildman–Crippen MR) is 101 cm³/mol. The van der Waals surface area contributed by atoms with Gasteiger partial charge in [0.25, 0.3) is 0 Å². The summed E-state index contributed by atoms with van der Waals surface area (Å²) in [6, 6.07) is 0. The Morgan fingerprint density at radius 3 is 1.83 bits per heavy atom. The molecule has 0 bridgehead atoms. The lowest BCUT2D eigenvalue weighted by atomic mass is 10.1.